The summed E-state index contributed by atoms with van der Waals surface area (Å²) in [6.45, 7) is 20.6. The SMILES string of the molecule is C=C1CC(C)CC2CC=CC(C/C=C\C(=O)OC(C(O)/C=C/C3CC(C)=CCO3)C/C=C\C(O[Si](C)(C)C(C)(C)C)C1)O2. The van der Waals surface area contributed by atoms with Crippen molar-refractivity contribution in [1.82, 2.24) is 0 Å². The van der Waals surface area contributed by atoms with Crippen LogP contribution in [0.4, 0.5) is 0 Å². The Morgan fingerprint density at radius 1 is 1.09 bits per heavy atom. The highest BCUT2D eigenvalue weighted by molar-refractivity contribution is 6.74. The highest BCUT2D eigenvalue weighted by atomic mass is 28.4. The summed E-state index contributed by atoms with van der Waals surface area (Å²) in [4.78, 5) is 12.9. The number of carbonyl (C=O) groups is 1. The number of fused-ring (bicyclic) bond motifs is 2. The molecule has 7 atom stereocenters. The fourth-order valence-corrected chi connectivity index (χ4v) is 6.75. The average Bonchev–Trinajstić information content (AvgIpc) is 2.90. The van der Waals surface area contributed by atoms with Crippen LogP contribution in [0.1, 0.15) is 79.6 Å². The molecule has 240 valence electrons. The van der Waals surface area contributed by atoms with Gasteiger partial charge < -0.3 is 23.7 Å². The van der Waals surface area contributed by atoms with E-state index in [4.69, 9.17) is 18.6 Å². The predicted octanol–water partition coefficient (Wildman–Crippen LogP) is 7.92. The smallest absolute Gasteiger partial charge is 0.330 e. The third-order valence-corrected chi connectivity index (χ3v) is 13.4. The summed E-state index contributed by atoms with van der Waals surface area (Å²) in [5, 5.41) is 11.2. The molecule has 0 saturated carbocycles. The van der Waals surface area contributed by atoms with Gasteiger partial charge in [-0.05, 0) is 69.5 Å². The van der Waals surface area contributed by atoms with Gasteiger partial charge in [0.2, 0.25) is 0 Å². The highest BCUT2D eigenvalue weighted by Crippen LogP contribution is 2.38. The third kappa shape index (κ3) is 12.1. The molecule has 0 aromatic heterocycles. The van der Waals surface area contributed by atoms with Gasteiger partial charge in [-0.25, -0.2) is 4.79 Å². The first-order chi connectivity index (χ1) is 20.2. The molecule has 3 rings (SSSR count). The van der Waals surface area contributed by atoms with Crippen molar-refractivity contribution in [2.45, 2.75) is 134 Å². The van der Waals surface area contributed by atoms with Crippen molar-refractivity contribution in [3.05, 3.63) is 72.4 Å². The molecule has 2 bridgehead atoms. The molecule has 43 heavy (non-hydrogen) atoms. The van der Waals surface area contributed by atoms with E-state index in [0.29, 0.717) is 25.4 Å². The molecule has 3 heterocycles. The van der Waals surface area contributed by atoms with Crippen molar-refractivity contribution >= 4 is 14.3 Å². The summed E-state index contributed by atoms with van der Waals surface area (Å²) >= 11 is 0. The fraction of sp³-hybridized carbons (Fsp3) is 0.639. The van der Waals surface area contributed by atoms with Gasteiger partial charge in [-0.3, -0.25) is 0 Å². The van der Waals surface area contributed by atoms with Crippen LogP contribution in [-0.2, 0) is 23.4 Å². The zero-order chi connectivity index (χ0) is 31.6. The molecule has 1 N–H and O–H groups in total. The minimum Gasteiger partial charge on any atom is -0.456 e. The monoisotopic (exact) mass is 612 g/mol. The lowest BCUT2D eigenvalue weighted by molar-refractivity contribution is -0.147. The number of hydrogen-bond acceptors (Lipinski definition) is 6. The molecule has 0 saturated heterocycles. The molecule has 0 fully saturated rings. The largest absolute Gasteiger partial charge is 0.456 e. The molecule has 0 aliphatic carbocycles. The Morgan fingerprint density at radius 2 is 1.84 bits per heavy atom. The van der Waals surface area contributed by atoms with Crippen molar-refractivity contribution in [3.63, 3.8) is 0 Å². The molecule has 0 aromatic rings. The number of esters is 1. The molecular weight excluding hydrogens is 556 g/mol. The van der Waals surface area contributed by atoms with E-state index in [-0.39, 0.29) is 29.5 Å². The normalized spacial score (nSPS) is 32.8. The van der Waals surface area contributed by atoms with Crippen LogP contribution < -0.4 is 0 Å². The zero-order valence-electron chi connectivity index (χ0n) is 27.6. The van der Waals surface area contributed by atoms with Crippen molar-refractivity contribution in [1.29, 1.82) is 0 Å². The quantitative estimate of drug-likeness (QED) is 0.193. The van der Waals surface area contributed by atoms with Gasteiger partial charge in [0.1, 0.15) is 12.2 Å². The number of ether oxygens (including phenoxy) is 3. The molecule has 0 aromatic carbocycles. The molecule has 3 aliphatic rings. The lowest BCUT2D eigenvalue weighted by atomic mass is 9.91. The van der Waals surface area contributed by atoms with Crippen LogP contribution in [0.2, 0.25) is 18.1 Å². The summed E-state index contributed by atoms with van der Waals surface area (Å²) in [7, 11) is -2.07. The van der Waals surface area contributed by atoms with Crippen LogP contribution in [0.5, 0.6) is 0 Å². The van der Waals surface area contributed by atoms with Gasteiger partial charge in [0.15, 0.2) is 8.32 Å². The number of rotatable bonds is 5. The Morgan fingerprint density at radius 3 is 2.56 bits per heavy atom. The molecule has 3 aliphatic heterocycles. The minimum atomic E-state index is -2.07. The Labute approximate surface area is 261 Å². The van der Waals surface area contributed by atoms with Gasteiger partial charge >= 0.3 is 5.97 Å². The van der Waals surface area contributed by atoms with Crippen LogP contribution in [0.25, 0.3) is 0 Å². The summed E-state index contributed by atoms with van der Waals surface area (Å²) in [5.74, 6) is -0.0441. The fourth-order valence-electron chi connectivity index (χ4n) is 5.48. The Kier molecular flexibility index (Phi) is 13.5. The summed E-state index contributed by atoms with van der Waals surface area (Å²) < 4.78 is 24.8. The first kappa shape index (κ1) is 35.4. The Bertz CT molecular complexity index is 1080. The van der Waals surface area contributed by atoms with Crippen LogP contribution in [-0.4, -0.2) is 62.6 Å². The van der Waals surface area contributed by atoms with Crippen molar-refractivity contribution in [2.75, 3.05) is 6.61 Å². The Hall–Kier alpha value is -2.03. The second kappa shape index (κ2) is 16.3. The minimum absolute atomic E-state index is 0.0595. The van der Waals surface area contributed by atoms with Gasteiger partial charge in [-0.15, -0.1) is 0 Å². The van der Waals surface area contributed by atoms with Gasteiger partial charge in [-0.2, -0.15) is 0 Å². The van der Waals surface area contributed by atoms with Crippen LogP contribution in [0.15, 0.2) is 72.4 Å². The molecular formula is C36H56O6Si. The van der Waals surface area contributed by atoms with Crippen LogP contribution >= 0.6 is 0 Å². The average molecular weight is 613 g/mol. The van der Waals surface area contributed by atoms with E-state index in [1.807, 2.05) is 12.2 Å². The maximum absolute atomic E-state index is 12.9. The number of aliphatic hydroxyl groups is 1. The van der Waals surface area contributed by atoms with Crippen LogP contribution in [0, 0.1) is 5.92 Å². The van der Waals surface area contributed by atoms with Gasteiger partial charge in [-0.1, -0.05) is 94.0 Å². The molecule has 6 nitrogen and oxygen atoms in total. The topological polar surface area (TPSA) is 74.2 Å². The maximum atomic E-state index is 12.9. The zero-order valence-corrected chi connectivity index (χ0v) is 28.6. The lowest BCUT2D eigenvalue weighted by Crippen LogP contribution is -2.43. The summed E-state index contributed by atoms with van der Waals surface area (Å²) in [6, 6.07) is 0. The van der Waals surface area contributed by atoms with Crippen molar-refractivity contribution in [2.24, 2.45) is 5.92 Å². The predicted molar refractivity (Wildman–Crippen MR) is 177 cm³/mol. The van der Waals surface area contributed by atoms with E-state index in [2.05, 4.69) is 78.6 Å². The van der Waals surface area contributed by atoms with E-state index in [1.165, 1.54) is 11.6 Å². The number of cyclic esters (lactones) is 1. The van der Waals surface area contributed by atoms with Gasteiger partial charge in [0, 0.05) is 12.5 Å². The first-order valence-electron chi connectivity index (χ1n) is 16.1. The standard InChI is InChI=1S/C36H56O6Si/c1-26-20-21-39-30(23-26)18-19-33(37)34-16-10-15-32(42-43(7,8)36(4,5)6)25-28(3)22-27(2)24-31-14-9-12-29(40-31)13-11-17-35(38)41-34/h9-12,15,17-20,27,29-34,37H,3,13-14,16,21-25H2,1-2,4-8H3/b15-10-,17-11-,19-18+. The summed E-state index contributed by atoms with van der Waals surface area (Å²) in [5.41, 5.74) is 2.42. The van der Waals surface area contributed by atoms with E-state index in [9.17, 15) is 9.90 Å². The Balaban J connectivity index is 1.84. The lowest BCUT2D eigenvalue weighted by Gasteiger charge is -2.39. The molecule has 7 heteroatoms. The highest BCUT2D eigenvalue weighted by Gasteiger charge is 2.39. The number of hydrogen-bond donors (Lipinski definition) is 1. The second-order valence-electron chi connectivity index (χ2n) is 14.2. The van der Waals surface area contributed by atoms with E-state index < -0.39 is 26.5 Å². The summed E-state index contributed by atoms with van der Waals surface area (Å²) in [6.07, 6.45) is 20.5. The van der Waals surface area contributed by atoms with Gasteiger partial charge in [0.05, 0.1) is 31.0 Å². The molecule has 0 amide bonds. The molecule has 7 unspecified atom stereocenters. The van der Waals surface area contributed by atoms with E-state index in [1.54, 1.807) is 12.2 Å². The van der Waals surface area contributed by atoms with Crippen molar-refractivity contribution in [3.8, 4) is 0 Å². The van der Waals surface area contributed by atoms with E-state index >= 15 is 0 Å². The van der Waals surface area contributed by atoms with Crippen molar-refractivity contribution < 1.29 is 28.5 Å². The van der Waals surface area contributed by atoms with Crippen LogP contribution in [0.3, 0.4) is 0 Å². The third-order valence-electron chi connectivity index (χ3n) is 8.94. The van der Waals surface area contributed by atoms with Gasteiger partial charge in [0.25, 0.3) is 0 Å². The van der Waals surface area contributed by atoms with E-state index in [0.717, 1.165) is 37.7 Å². The first-order valence-corrected chi connectivity index (χ1v) is 19.0. The maximum Gasteiger partial charge on any atom is 0.330 e. The number of carbonyl (C=O) groups excluding carboxylic acids is 1. The molecule has 0 radical (unpaired) electrons. The second-order valence-corrected chi connectivity index (χ2v) is 18.9. The molecule has 0 spiro atoms. The number of aliphatic hydroxyl groups excluding tert-OH is 1.